The number of carboxylic acids is 1. The highest BCUT2D eigenvalue weighted by molar-refractivity contribution is 6.31. The second-order valence-electron chi connectivity index (χ2n) is 8.40. The number of alkyl carbamates (subject to hydrolysis) is 1. The molecule has 0 aliphatic carbocycles. The molecule has 1 unspecified atom stereocenters. The van der Waals surface area contributed by atoms with E-state index in [1.54, 1.807) is 25.1 Å². The summed E-state index contributed by atoms with van der Waals surface area (Å²) in [5.74, 6) is 2.10. The van der Waals surface area contributed by atoms with Crippen molar-refractivity contribution >= 4 is 35.5 Å². The van der Waals surface area contributed by atoms with Crippen LogP contribution in [0.4, 0.5) is 4.79 Å². The van der Waals surface area contributed by atoms with Crippen molar-refractivity contribution in [2.45, 2.75) is 26.0 Å². The molecule has 37 heavy (non-hydrogen) atoms. The first-order valence-corrected chi connectivity index (χ1v) is 12.0. The van der Waals surface area contributed by atoms with Crippen LogP contribution in [0.1, 0.15) is 29.7 Å². The number of hydrogen-bond donors (Lipinski definition) is 2. The molecule has 3 aromatic rings. The Morgan fingerprint density at radius 1 is 1.05 bits per heavy atom. The first-order chi connectivity index (χ1) is 17.9. The number of nitrogens with one attached hydrogen (secondary N) is 1. The first-order valence-electron chi connectivity index (χ1n) is 11.6. The number of ether oxygens (including phenoxy) is 1. The van der Waals surface area contributed by atoms with Gasteiger partial charge in [-0.25, -0.2) is 4.79 Å². The van der Waals surface area contributed by atoms with Crippen LogP contribution in [-0.4, -0.2) is 40.4 Å². The maximum absolute atomic E-state index is 12.6. The van der Waals surface area contributed by atoms with Gasteiger partial charge in [-0.2, -0.15) is 0 Å². The molecule has 0 fully saturated rings. The molecule has 2 N–H and O–H groups in total. The van der Waals surface area contributed by atoms with E-state index in [2.05, 4.69) is 21.4 Å². The van der Waals surface area contributed by atoms with E-state index in [9.17, 15) is 9.59 Å². The molecule has 8 nitrogen and oxygen atoms in total. The molecular formula is C28H25ClN4O4. The number of hydrogen-bond acceptors (Lipinski definition) is 6. The van der Waals surface area contributed by atoms with Gasteiger partial charge in [0.1, 0.15) is 6.10 Å². The molecule has 1 heterocycles. The van der Waals surface area contributed by atoms with E-state index in [1.165, 1.54) is 0 Å². The predicted octanol–water partition coefficient (Wildman–Crippen LogP) is 5.43. The third kappa shape index (κ3) is 7.07. The van der Waals surface area contributed by atoms with Crippen LogP contribution in [0.15, 0.2) is 89.1 Å². The van der Waals surface area contributed by atoms with Crippen molar-refractivity contribution in [3.63, 3.8) is 0 Å². The molecular weight excluding hydrogens is 492 g/mol. The third-order valence-corrected chi connectivity index (χ3v) is 6.06. The number of rotatable bonds is 7. The molecule has 0 spiro atoms. The Kier molecular flexibility index (Phi) is 8.36. The quantitative estimate of drug-likeness (QED) is 0.435. The minimum absolute atomic E-state index is 0.00239. The van der Waals surface area contributed by atoms with E-state index >= 15 is 0 Å². The fourth-order valence-electron chi connectivity index (χ4n) is 3.82. The lowest BCUT2D eigenvalue weighted by Crippen LogP contribution is -2.44. The van der Waals surface area contributed by atoms with E-state index < -0.39 is 18.2 Å². The van der Waals surface area contributed by atoms with E-state index in [0.717, 1.165) is 22.3 Å². The molecule has 0 bridgehead atoms. The summed E-state index contributed by atoms with van der Waals surface area (Å²) in [6.45, 7) is 2.65. The van der Waals surface area contributed by atoms with Gasteiger partial charge in [-0.15, -0.1) is 10.2 Å². The molecule has 0 radical (unpaired) electrons. The Labute approximate surface area is 219 Å². The van der Waals surface area contributed by atoms with Gasteiger partial charge in [-0.1, -0.05) is 78.3 Å². The average Bonchev–Trinajstić information content (AvgIpc) is 3.09. The Bertz CT molecular complexity index is 1360. The normalized spacial score (nSPS) is 13.5. The number of carbonyl (C=O) groups is 2. The van der Waals surface area contributed by atoms with Crippen molar-refractivity contribution in [3.8, 4) is 11.1 Å². The lowest BCUT2D eigenvalue weighted by molar-refractivity contribution is -0.136. The molecule has 4 rings (SSSR count). The zero-order chi connectivity index (χ0) is 26.2. The molecule has 188 valence electrons. The van der Waals surface area contributed by atoms with Gasteiger partial charge in [0.15, 0.2) is 0 Å². The van der Waals surface area contributed by atoms with Gasteiger partial charge < -0.3 is 14.7 Å². The SMILES string of the molecule is CC(OC(=O)NC1=NN=C=CCN1Cc1ccc(-c2ccc(CC(=O)O)cc2)cc1)c1ccccc1Cl. The van der Waals surface area contributed by atoms with Gasteiger partial charge in [-0.3, -0.25) is 10.1 Å². The number of nitrogens with zero attached hydrogens (tertiary/aromatic N) is 3. The van der Waals surface area contributed by atoms with E-state index in [0.29, 0.717) is 23.7 Å². The molecule has 0 saturated heterocycles. The summed E-state index contributed by atoms with van der Waals surface area (Å²) in [5.41, 5.74) is 4.45. The highest BCUT2D eigenvalue weighted by Gasteiger charge is 2.20. The van der Waals surface area contributed by atoms with Crippen molar-refractivity contribution in [1.29, 1.82) is 0 Å². The zero-order valence-electron chi connectivity index (χ0n) is 20.1. The number of aliphatic carboxylic acids is 1. The molecule has 1 atom stereocenters. The van der Waals surface area contributed by atoms with Crippen molar-refractivity contribution in [2.75, 3.05) is 6.54 Å². The van der Waals surface area contributed by atoms with Crippen LogP contribution in [0.3, 0.4) is 0 Å². The summed E-state index contributed by atoms with van der Waals surface area (Å²) < 4.78 is 5.51. The van der Waals surface area contributed by atoms with Gasteiger partial charge >= 0.3 is 12.1 Å². The van der Waals surface area contributed by atoms with E-state index in [4.69, 9.17) is 21.4 Å². The summed E-state index contributed by atoms with van der Waals surface area (Å²) in [7, 11) is 0. The fourth-order valence-corrected chi connectivity index (χ4v) is 4.11. The topological polar surface area (TPSA) is 104 Å². The molecule has 0 saturated carbocycles. The van der Waals surface area contributed by atoms with Crippen LogP contribution >= 0.6 is 11.6 Å². The van der Waals surface area contributed by atoms with Gasteiger partial charge in [0.2, 0.25) is 5.96 Å². The minimum atomic E-state index is -0.855. The number of guanidine groups is 1. The van der Waals surface area contributed by atoms with Gasteiger partial charge in [0.25, 0.3) is 0 Å². The summed E-state index contributed by atoms with van der Waals surface area (Å²) in [6, 6.07) is 22.6. The van der Waals surface area contributed by atoms with Crippen LogP contribution in [0.25, 0.3) is 11.1 Å². The maximum Gasteiger partial charge on any atom is 0.414 e. The van der Waals surface area contributed by atoms with Crippen molar-refractivity contribution < 1.29 is 19.4 Å². The predicted molar refractivity (Wildman–Crippen MR) is 143 cm³/mol. The number of amides is 1. The Morgan fingerprint density at radius 3 is 2.35 bits per heavy atom. The highest BCUT2D eigenvalue weighted by Crippen LogP contribution is 2.25. The lowest BCUT2D eigenvalue weighted by atomic mass is 10.0. The van der Waals surface area contributed by atoms with Crippen LogP contribution in [0, 0.1) is 0 Å². The van der Waals surface area contributed by atoms with E-state index in [-0.39, 0.29) is 12.4 Å². The Balaban J connectivity index is 1.40. The van der Waals surface area contributed by atoms with Crippen molar-refractivity contribution in [2.24, 2.45) is 10.2 Å². The second kappa shape index (κ2) is 12.0. The Morgan fingerprint density at radius 2 is 1.70 bits per heavy atom. The smallest absolute Gasteiger partial charge is 0.414 e. The van der Waals surface area contributed by atoms with Crippen LogP contribution < -0.4 is 5.32 Å². The van der Waals surface area contributed by atoms with Crippen LogP contribution in [0.2, 0.25) is 5.02 Å². The van der Waals surface area contributed by atoms with Crippen molar-refractivity contribution in [1.82, 2.24) is 10.2 Å². The molecule has 9 heteroatoms. The van der Waals surface area contributed by atoms with Gasteiger partial charge in [0, 0.05) is 29.5 Å². The number of carbonyl (C=O) groups excluding carboxylic acids is 1. The molecule has 3 aromatic carbocycles. The molecule has 1 aliphatic heterocycles. The third-order valence-electron chi connectivity index (χ3n) is 5.72. The van der Waals surface area contributed by atoms with Gasteiger partial charge in [0.05, 0.1) is 6.42 Å². The summed E-state index contributed by atoms with van der Waals surface area (Å²) in [5, 5.41) is 20.1. The summed E-state index contributed by atoms with van der Waals surface area (Å²) >= 11 is 6.21. The highest BCUT2D eigenvalue weighted by atomic mass is 35.5. The lowest BCUT2D eigenvalue weighted by Gasteiger charge is -2.24. The second-order valence-corrected chi connectivity index (χ2v) is 8.80. The number of carboxylic acid groups (broad SMARTS) is 1. The summed E-state index contributed by atoms with van der Waals surface area (Å²) in [6.07, 6.45) is 0.497. The average molecular weight is 517 g/mol. The standard InChI is InChI=1S/C28H25ClN4O4/c1-19(24-5-2-3-6-25(24)29)37-28(36)31-27-32-30-15-4-16-33(27)18-21-9-13-23(14-10-21)22-11-7-20(8-12-22)17-26(34)35/h2-14,19H,16-18H2,1H3,(H,34,35)(H,31,32,36). The zero-order valence-corrected chi connectivity index (χ0v) is 20.9. The fraction of sp³-hybridized carbons (Fsp3) is 0.179. The first kappa shape index (κ1) is 25.7. The monoisotopic (exact) mass is 516 g/mol. The van der Waals surface area contributed by atoms with Gasteiger partial charge in [-0.05, 0) is 41.3 Å². The molecule has 1 aliphatic rings. The van der Waals surface area contributed by atoms with E-state index in [1.807, 2.05) is 65.6 Å². The largest absolute Gasteiger partial charge is 0.481 e. The minimum Gasteiger partial charge on any atom is -0.481 e. The van der Waals surface area contributed by atoms with Crippen molar-refractivity contribution in [3.05, 3.63) is 101 Å². The molecule has 0 aromatic heterocycles. The van der Waals surface area contributed by atoms with Crippen LogP contribution in [-0.2, 0) is 22.5 Å². The van der Waals surface area contributed by atoms with Crippen LogP contribution in [0.5, 0.6) is 0 Å². The summed E-state index contributed by atoms with van der Waals surface area (Å²) in [4.78, 5) is 25.3. The number of benzene rings is 3. The molecule has 1 amide bonds. The maximum atomic E-state index is 12.6. The Hall–Kier alpha value is -4.39. The number of halogens is 1.